The molecule has 2 saturated carbocycles. The van der Waals surface area contributed by atoms with Gasteiger partial charge in [-0.1, -0.05) is 38.1 Å². The lowest BCUT2D eigenvalue weighted by atomic mass is 9.78. The van der Waals surface area contributed by atoms with Crippen molar-refractivity contribution in [1.82, 2.24) is 0 Å². The van der Waals surface area contributed by atoms with Crippen molar-refractivity contribution in [3.8, 4) is 0 Å². The molecule has 0 radical (unpaired) electrons. The fraction of sp³-hybridized carbons (Fsp3) is 0.769. The molecule has 2 fully saturated rings. The predicted octanol–water partition coefficient (Wildman–Crippen LogP) is 8.83. The summed E-state index contributed by atoms with van der Waals surface area (Å²) in [6, 6.07) is 3.58. The number of methoxy groups -OCH3 is 1. The van der Waals surface area contributed by atoms with Crippen molar-refractivity contribution in [3.63, 3.8) is 0 Å². The molecule has 1 aromatic rings. The highest BCUT2D eigenvalue weighted by molar-refractivity contribution is 5.32. The minimum Gasteiger partial charge on any atom is -0.361 e. The molecule has 3 nitrogen and oxygen atoms in total. The summed E-state index contributed by atoms with van der Waals surface area (Å²) in [5.41, 5.74) is -10.0. The molecule has 5 atom stereocenters. The molecular formula is C26H30F12O3. The number of hydrogen-bond donors (Lipinski definition) is 0. The Morgan fingerprint density at radius 2 is 1.32 bits per heavy atom. The number of alkyl halides is 12. The Bertz CT molecular complexity index is 985. The Balaban J connectivity index is 1.83. The summed E-state index contributed by atoms with van der Waals surface area (Å²) in [7, 11) is 0.277. The Labute approximate surface area is 228 Å². The van der Waals surface area contributed by atoms with Crippen LogP contribution in [0.15, 0.2) is 24.3 Å². The smallest absolute Gasteiger partial charge is 0.361 e. The third-order valence-corrected chi connectivity index (χ3v) is 8.56. The van der Waals surface area contributed by atoms with E-state index in [2.05, 4.69) is 9.47 Å². The molecule has 2 aliphatic rings. The molecule has 1 aromatic carbocycles. The third kappa shape index (κ3) is 6.04. The van der Waals surface area contributed by atoms with Crippen LogP contribution in [-0.2, 0) is 19.8 Å². The molecule has 0 N–H and O–H groups in total. The van der Waals surface area contributed by atoms with Gasteiger partial charge in [-0.25, -0.2) is 0 Å². The van der Waals surface area contributed by atoms with E-state index in [0.29, 0.717) is 24.1 Å². The quantitative estimate of drug-likeness (QED) is 0.194. The van der Waals surface area contributed by atoms with Crippen molar-refractivity contribution in [3.05, 3.63) is 35.4 Å². The summed E-state index contributed by atoms with van der Waals surface area (Å²) >= 11 is 0. The van der Waals surface area contributed by atoms with Gasteiger partial charge >= 0.3 is 24.7 Å². The van der Waals surface area contributed by atoms with Crippen LogP contribution in [0.3, 0.4) is 0 Å². The topological polar surface area (TPSA) is 27.7 Å². The van der Waals surface area contributed by atoms with Gasteiger partial charge in [0.05, 0.1) is 6.10 Å². The van der Waals surface area contributed by atoms with Crippen LogP contribution in [0.1, 0.15) is 63.0 Å². The number of hydrogen-bond acceptors (Lipinski definition) is 3. The van der Waals surface area contributed by atoms with Gasteiger partial charge in [0.15, 0.2) is 0 Å². The van der Waals surface area contributed by atoms with Crippen molar-refractivity contribution < 1.29 is 66.9 Å². The monoisotopic (exact) mass is 618 g/mol. The van der Waals surface area contributed by atoms with E-state index in [-0.39, 0.29) is 32.3 Å². The fourth-order valence-electron chi connectivity index (χ4n) is 6.16. The molecule has 0 aliphatic heterocycles. The maximum Gasteiger partial charge on any atom is 0.430 e. The molecule has 0 saturated heterocycles. The molecule has 0 aromatic heterocycles. The lowest BCUT2D eigenvalue weighted by Gasteiger charge is -2.41. The Morgan fingerprint density at radius 3 is 1.73 bits per heavy atom. The van der Waals surface area contributed by atoms with Crippen molar-refractivity contribution in [2.45, 2.75) is 93.9 Å². The average Bonchev–Trinajstić information content (AvgIpc) is 3.42. The Kier molecular flexibility index (Phi) is 9.39. The minimum atomic E-state index is -6.00. The van der Waals surface area contributed by atoms with E-state index in [1.807, 2.05) is 0 Å². The molecule has 15 heteroatoms. The van der Waals surface area contributed by atoms with Crippen LogP contribution in [0.4, 0.5) is 52.7 Å². The highest BCUT2D eigenvalue weighted by Gasteiger charge is 2.74. The summed E-state index contributed by atoms with van der Waals surface area (Å²) < 4.78 is 180. The SMILES string of the molecule is CCC(C)c1ccc(C(OCOC2CC3CC(CC(OC)(C(F)(F)F)C(F)(F)F)C2C3)(C(F)(F)F)C(F)(F)F)cc1. The molecule has 3 rings (SSSR count). The molecule has 0 heterocycles. The zero-order chi connectivity index (χ0) is 31.2. The van der Waals surface area contributed by atoms with Crippen LogP contribution in [0, 0.1) is 17.8 Å². The number of benzene rings is 1. The van der Waals surface area contributed by atoms with Gasteiger partial charge in [0, 0.05) is 12.7 Å². The first kappa shape index (κ1) is 33.8. The van der Waals surface area contributed by atoms with Crippen LogP contribution >= 0.6 is 0 Å². The van der Waals surface area contributed by atoms with E-state index < -0.39 is 78.5 Å². The first-order valence-corrected chi connectivity index (χ1v) is 12.8. The van der Waals surface area contributed by atoms with E-state index in [1.165, 1.54) is 0 Å². The van der Waals surface area contributed by atoms with Crippen molar-refractivity contribution in [1.29, 1.82) is 0 Å². The number of fused-ring (bicyclic) bond motifs is 2. The average molecular weight is 618 g/mol. The molecule has 41 heavy (non-hydrogen) atoms. The van der Waals surface area contributed by atoms with E-state index in [9.17, 15) is 52.7 Å². The standard InChI is InChI=1S/C26H30F12O3/c1-4-14(2)16-5-7-18(8-6-16)22(25(33,34)35,26(36,37)38)41-13-40-20-11-15-9-17(19(20)10-15)12-21(39-3,23(27,28)29)24(30,31)32/h5-8,14-15,17,19-20H,4,9-13H2,1-3H3. The van der Waals surface area contributed by atoms with E-state index >= 15 is 0 Å². The van der Waals surface area contributed by atoms with Crippen LogP contribution in [0.25, 0.3) is 0 Å². The molecule has 0 spiro atoms. The van der Waals surface area contributed by atoms with E-state index in [0.717, 1.165) is 12.1 Å². The van der Waals surface area contributed by atoms with Gasteiger partial charge in [-0.3, -0.25) is 0 Å². The summed E-state index contributed by atoms with van der Waals surface area (Å²) in [5.74, 6) is -2.81. The molecule has 0 amide bonds. The number of rotatable bonds is 10. The van der Waals surface area contributed by atoms with Gasteiger partial charge in [-0.05, 0) is 61.3 Å². The summed E-state index contributed by atoms with van der Waals surface area (Å²) in [4.78, 5) is 0. The normalized spacial score (nSPS) is 25.1. The Morgan fingerprint density at radius 1 is 0.780 bits per heavy atom. The van der Waals surface area contributed by atoms with Gasteiger partial charge in [-0.15, -0.1) is 0 Å². The zero-order valence-corrected chi connectivity index (χ0v) is 22.2. The lowest BCUT2D eigenvalue weighted by Crippen LogP contribution is -2.59. The van der Waals surface area contributed by atoms with Gasteiger partial charge in [0.1, 0.15) is 6.79 Å². The van der Waals surface area contributed by atoms with Crippen LogP contribution in [-0.4, -0.2) is 50.3 Å². The molecular weight excluding hydrogens is 588 g/mol. The highest BCUT2D eigenvalue weighted by Crippen LogP contribution is 2.58. The van der Waals surface area contributed by atoms with Gasteiger partial charge in [0.2, 0.25) is 0 Å². The molecule has 236 valence electrons. The number of ether oxygens (including phenoxy) is 3. The second kappa shape index (κ2) is 11.4. The second-order valence-corrected chi connectivity index (χ2v) is 10.8. The first-order valence-electron chi connectivity index (χ1n) is 12.8. The maximum absolute atomic E-state index is 14.1. The first-order chi connectivity index (χ1) is 18.6. The third-order valence-electron chi connectivity index (χ3n) is 8.56. The van der Waals surface area contributed by atoms with Crippen LogP contribution in [0.5, 0.6) is 0 Å². The predicted molar refractivity (Wildman–Crippen MR) is 121 cm³/mol. The van der Waals surface area contributed by atoms with Crippen LogP contribution in [0.2, 0.25) is 0 Å². The molecule has 5 unspecified atom stereocenters. The second-order valence-electron chi connectivity index (χ2n) is 10.8. The van der Waals surface area contributed by atoms with Gasteiger partial charge < -0.3 is 14.2 Å². The summed E-state index contributed by atoms with van der Waals surface area (Å²) in [6.07, 6.45) is -25.7. The minimum absolute atomic E-state index is 0.0389. The van der Waals surface area contributed by atoms with Gasteiger partial charge in [-0.2, -0.15) is 52.7 Å². The van der Waals surface area contributed by atoms with E-state index in [4.69, 9.17) is 4.74 Å². The van der Waals surface area contributed by atoms with Crippen LogP contribution < -0.4 is 0 Å². The van der Waals surface area contributed by atoms with E-state index in [1.54, 1.807) is 13.8 Å². The lowest BCUT2D eigenvalue weighted by molar-refractivity contribution is -0.404. The summed E-state index contributed by atoms with van der Waals surface area (Å²) in [6.45, 7) is 1.97. The summed E-state index contributed by atoms with van der Waals surface area (Å²) in [5, 5.41) is 0. The molecule has 2 bridgehead atoms. The van der Waals surface area contributed by atoms with Crippen molar-refractivity contribution >= 4 is 0 Å². The highest BCUT2D eigenvalue weighted by atomic mass is 19.4. The maximum atomic E-state index is 14.1. The van der Waals surface area contributed by atoms with Crippen molar-refractivity contribution in [2.24, 2.45) is 17.8 Å². The Hall–Kier alpha value is -1.74. The molecule has 2 aliphatic carbocycles. The number of halogens is 12. The van der Waals surface area contributed by atoms with Gasteiger partial charge in [0.25, 0.3) is 11.2 Å². The van der Waals surface area contributed by atoms with Crippen molar-refractivity contribution in [2.75, 3.05) is 13.9 Å². The largest absolute Gasteiger partial charge is 0.430 e. The zero-order valence-electron chi connectivity index (χ0n) is 22.2. The fourth-order valence-corrected chi connectivity index (χ4v) is 6.16.